The van der Waals surface area contributed by atoms with Gasteiger partial charge in [0, 0.05) is 12.6 Å². The van der Waals surface area contributed by atoms with E-state index in [0.29, 0.717) is 0 Å². The van der Waals surface area contributed by atoms with Gasteiger partial charge in [0.1, 0.15) is 0 Å². The van der Waals surface area contributed by atoms with Crippen LogP contribution in [0.3, 0.4) is 0 Å². The van der Waals surface area contributed by atoms with E-state index in [1.54, 1.807) is 6.92 Å². The molecule has 2 fully saturated rings. The van der Waals surface area contributed by atoms with Gasteiger partial charge >= 0.3 is 0 Å². The Kier molecular flexibility index (Phi) is 8.43. The van der Waals surface area contributed by atoms with Gasteiger partial charge in [0.15, 0.2) is 0 Å². The number of unbranched alkanes of at least 4 members (excludes halogenated alkanes) is 3. The van der Waals surface area contributed by atoms with Crippen LogP contribution in [0.15, 0.2) is 24.3 Å². The third-order valence-corrected chi connectivity index (χ3v) is 7.50. The summed E-state index contributed by atoms with van der Waals surface area (Å²) in [6.07, 6.45) is 18.7. The molecule has 1 N–H and O–H groups in total. The van der Waals surface area contributed by atoms with Gasteiger partial charge in [-0.2, -0.15) is 0 Å². The van der Waals surface area contributed by atoms with Crippen LogP contribution < -0.4 is 5.32 Å². The van der Waals surface area contributed by atoms with Crippen molar-refractivity contribution >= 4 is 11.6 Å². The Bertz CT molecular complexity index is 577. The molecule has 0 aliphatic heterocycles. The number of benzene rings is 1. The fourth-order valence-electron chi connectivity index (χ4n) is 5.77. The van der Waals surface area contributed by atoms with Gasteiger partial charge in [-0.25, -0.2) is 0 Å². The Morgan fingerprint density at radius 1 is 0.857 bits per heavy atom. The topological polar surface area (TPSA) is 29.1 Å². The Morgan fingerprint density at radius 2 is 1.46 bits per heavy atom. The van der Waals surface area contributed by atoms with E-state index in [-0.39, 0.29) is 5.91 Å². The van der Waals surface area contributed by atoms with Gasteiger partial charge in [-0.15, -0.1) is 0 Å². The van der Waals surface area contributed by atoms with E-state index in [1.165, 1.54) is 89.0 Å². The Labute approximate surface area is 172 Å². The zero-order valence-corrected chi connectivity index (χ0v) is 18.2. The maximum Gasteiger partial charge on any atom is 0.221 e. The third kappa shape index (κ3) is 6.36. The van der Waals surface area contributed by atoms with Crippen LogP contribution >= 0.6 is 0 Å². The summed E-state index contributed by atoms with van der Waals surface area (Å²) in [5.41, 5.74) is 2.37. The van der Waals surface area contributed by atoms with Gasteiger partial charge < -0.3 is 5.32 Å². The molecule has 1 aromatic rings. The van der Waals surface area contributed by atoms with Crippen molar-refractivity contribution in [3.63, 3.8) is 0 Å². The van der Waals surface area contributed by atoms with E-state index in [1.807, 2.05) is 0 Å². The average Bonchev–Trinajstić information content (AvgIpc) is 2.72. The molecule has 28 heavy (non-hydrogen) atoms. The largest absolute Gasteiger partial charge is 0.326 e. The van der Waals surface area contributed by atoms with Crippen LogP contribution in [-0.4, -0.2) is 5.91 Å². The van der Waals surface area contributed by atoms with Crippen molar-refractivity contribution in [2.75, 3.05) is 5.32 Å². The first-order chi connectivity index (χ1) is 13.7. The summed E-state index contributed by atoms with van der Waals surface area (Å²) in [4.78, 5) is 11.2. The van der Waals surface area contributed by atoms with Gasteiger partial charge in [0.2, 0.25) is 5.91 Å². The smallest absolute Gasteiger partial charge is 0.221 e. The first kappa shape index (κ1) is 21.4. The minimum absolute atomic E-state index is 0.00365. The summed E-state index contributed by atoms with van der Waals surface area (Å²) in [6.45, 7) is 3.87. The molecule has 0 atom stereocenters. The fraction of sp³-hybridized carbons (Fsp3) is 0.731. The molecule has 2 heteroatoms. The SMILES string of the molecule is CCCCCC[C@H]1CC[C@H]([C@H]2CC[C@H](c3ccc(NC(C)=O)cc3)CC2)CC1. The minimum atomic E-state index is 0.00365. The second-order valence-corrected chi connectivity index (χ2v) is 9.55. The van der Waals surface area contributed by atoms with Crippen molar-refractivity contribution in [2.24, 2.45) is 17.8 Å². The van der Waals surface area contributed by atoms with Gasteiger partial charge in [0.05, 0.1) is 0 Å². The van der Waals surface area contributed by atoms with Crippen molar-refractivity contribution < 1.29 is 4.79 Å². The molecule has 2 aliphatic carbocycles. The van der Waals surface area contributed by atoms with Gasteiger partial charge in [0.25, 0.3) is 0 Å². The summed E-state index contributed by atoms with van der Waals surface area (Å²) in [5, 5.41) is 2.87. The zero-order valence-electron chi connectivity index (χ0n) is 18.2. The van der Waals surface area contributed by atoms with Gasteiger partial charge in [-0.05, 0) is 79.9 Å². The molecule has 0 radical (unpaired) electrons. The number of carbonyl (C=O) groups excluding carboxylic acids is 1. The highest BCUT2D eigenvalue weighted by Crippen LogP contribution is 2.44. The minimum Gasteiger partial charge on any atom is -0.326 e. The molecule has 0 bridgehead atoms. The van der Waals surface area contributed by atoms with Crippen LogP contribution in [0.2, 0.25) is 0 Å². The second kappa shape index (κ2) is 11.0. The Morgan fingerprint density at radius 3 is 2.04 bits per heavy atom. The summed E-state index contributed by atoms with van der Waals surface area (Å²) in [5.74, 6) is 3.75. The number of nitrogens with one attached hydrogen (secondary N) is 1. The molecule has 0 unspecified atom stereocenters. The molecule has 0 heterocycles. The van der Waals surface area contributed by atoms with Crippen molar-refractivity contribution in [3.8, 4) is 0 Å². The standard InChI is InChI=1S/C26H41NO/c1-3-4-5-6-7-21-8-10-22(11-9-21)23-12-14-24(15-13-23)25-16-18-26(19-17-25)27-20(2)28/h16-19,21-24H,3-15H2,1-2H3,(H,27,28)/t21-,22-,23-,24-. The molecule has 156 valence electrons. The highest BCUT2D eigenvalue weighted by Gasteiger charge is 2.31. The number of carbonyl (C=O) groups is 1. The lowest BCUT2D eigenvalue weighted by Gasteiger charge is -2.38. The van der Waals surface area contributed by atoms with Crippen molar-refractivity contribution in [3.05, 3.63) is 29.8 Å². The highest BCUT2D eigenvalue weighted by atomic mass is 16.1. The lowest BCUT2D eigenvalue weighted by molar-refractivity contribution is -0.114. The van der Waals surface area contributed by atoms with Crippen molar-refractivity contribution in [2.45, 2.75) is 103 Å². The molecule has 0 spiro atoms. The van der Waals surface area contributed by atoms with E-state index >= 15 is 0 Å². The Hall–Kier alpha value is -1.31. The predicted octanol–water partition coefficient (Wildman–Crippen LogP) is 7.70. The number of hydrogen-bond acceptors (Lipinski definition) is 1. The number of anilines is 1. The van der Waals surface area contributed by atoms with E-state index in [9.17, 15) is 4.79 Å². The van der Waals surface area contributed by atoms with Gasteiger partial charge in [-0.3, -0.25) is 4.79 Å². The van der Waals surface area contributed by atoms with Crippen molar-refractivity contribution in [1.82, 2.24) is 0 Å². The molecule has 0 aromatic heterocycles. The first-order valence-corrected chi connectivity index (χ1v) is 12.0. The van der Waals surface area contributed by atoms with Crippen LogP contribution in [0.25, 0.3) is 0 Å². The Balaban J connectivity index is 1.38. The lowest BCUT2D eigenvalue weighted by Crippen LogP contribution is -2.25. The van der Waals surface area contributed by atoms with Crippen LogP contribution in [0.1, 0.15) is 109 Å². The van der Waals surface area contributed by atoms with Crippen LogP contribution in [-0.2, 0) is 4.79 Å². The molecule has 2 nitrogen and oxygen atoms in total. The van der Waals surface area contributed by atoms with Crippen LogP contribution in [0.4, 0.5) is 5.69 Å². The lowest BCUT2D eigenvalue weighted by atomic mass is 9.68. The average molecular weight is 384 g/mol. The van der Waals surface area contributed by atoms with E-state index < -0.39 is 0 Å². The quantitative estimate of drug-likeness (QED) is 0.458. The molecule has 1 amide bonds. The van der Waals surface area contributed by atoms with Crippen LogP contribution in [0.5, 0.6) is 0 Å². The normalized spacial score (nSPS) is 28.1. The number of rotatable bonds is 8. The van der Waals surface area contributed by atoms with E-state index in [4.69, 9.17) is 0 Å². The second-order valence-electron chi connectivity index (χ2n) is 9.55. The first-order valence-electron chi connectivity index (χ1n) is 12.0. The summed E-state index contributed by atoms with van der Waals surface area (Å²) in [7, 11) is 0. The number of amides is 1. The molecule has 2 aliphatic rings. The molecule has 3 rings (SSSR count). The maximum atomic E-state index is 11.2. The van der Waals surface area contributed by atoms with Crippen LogP contribution in [0, 0.1) is 17.8 Å². The molecule has 1 aromatic carbocycles. The molecular weight excluding hydrogens is 342 g/mol. The third-order valence-electron chi connectivity index (χ3n) is 7.50. The summed E-state index contributed by atoms with van der Waals surface area (Å²) in [6, 6.07) is 8.56. The van der Waals surface area contributed by atoms with E-state index in [0.717, 1.165) is 29.4 Å². The number of hydrogen-bond donors (Lipinski definition) is 1. The molecule has 0 saturated heterocycles. The van der Waals surface area contributed by atoms with E-state index in [2.05, 4.69) is 36.5 Å². The predicted molar refractivity (Wildman–Crippen MR) is 120 cm³/mol. The van der Waals surface area contributed by atoms with Crippen molar-refractivity contribution in [1.29, 1.82) is 0 Å². The maximum absolute atomic E-state index is 11.2. The monoisotopic (exact) mass is 383 g/mol. The summed E-state index contributed by atoms with van der Waals surface area (Å²) < 4.78 is 0. The fourth-order valence-corrected chi connectivity index (χ4v) is 5.77. The zero-order chi connectivity index (χ0) is 19.8. The molecular formula is C26H41NO. The van der Waals surface area contributed by atoms with Gasteiger partial charge in [-0.1, -0.05) is 64.0 Å². The summed E-state index contributed by atoms with van der Waals surface area (Å²) >= 11 is 0. The molecule has 2 saturated carbocycles. The highest BCUT2D eigenvalue weighted by molar-refractivity contribution is 5.88.